The normalized spacial score (nSPS) is 21.1. The number of fused-ring (bicyclic) bond motifs is 2. The highest BCUT2D eigenvalue weighted by Crippen LogP contribution is 2.40. The fourth-order valence-corrected chi connectivity index (χ4v) is 5.29. The van der Waals surface area contributed by atoms with E-state index in [2.05, 4.69) is 10.00 Å². The van der Waals surface area contributed by atoms with Crippen molar-refractivity contribution in [2.45, 2.75) is 37.9 Å². The van der Waals surface area contributed by atoms with E-state index in [4.69, 9.17) is 0 Å². The second-order valence-electron chi connectivity index (χ2n) is 7.94. The number of aromatic nitrogens is 3. The molecule has 1 unspecified atom stereocenters. The molecule has 0 saturated carbocycles. The number of hydrogen-bond acceptors (Lipinski definition) is 5. The SMILES string of the molecule is O=c1c(=O)n2c(nn1Cc1cccs1)C1(CCN(Cc3cccc(F)c3)C1)CC2. The number of hydrogen-bond donors (Lipinski definition) is 0. The Hall–Kier alpha value is -2.58. The summed E-state index contributed by atoms with van der Waals surface area (Å²) in [5.41, 5.74) is -0.328. The molecule has 0 bridgehead atoms. The first-order chi connectivity index (χ1) is 14.0. The van der Waals surface area contributed by atoms with Crippen LogP contribution < -0.4 is 11.1 Å². The van der Waals surface area contributed by atoms with E-state index in [1.165, 1.54) is 10.7 Å². The van der Waals surface area contributed by atoms with E-state index in [0.29, 0.717) is 19.6 Å². The van der Waals surface area contributed by atoms with Gasteiger partial charge in [0, 0.05) is 29.9 Å². The maximum absolute atomic E-state index is 13.5. The number of rotatable bonds is 4. The van der Waals surface area contributed by atoms with Crippen LogP contribution in [0.3, 0.4) is 0 Å². The molecule has 5 rings (SSSR count). The van der Waals surface area contributed by atoms with Gasteiger partial charge in [0.05, 0.1) is 6.54 Å². The molecule has 3 aromatic rings. The van der Waals surface area contributed by atoms with Gasteiger partial charge in [0.25, 0.3) is 0 Å². The third kappa shape index (κ3) is 3.26. The average molecular weight is 412 g/mol. The van der Waals surface area contributed by atoms with Gasteiger partial charge in [0.2, 0.25) is 0 Å². The second kappa shape index (κ2) is 7.03. The molecule has 2 aliphatic rings. The maximum atomic E-state index is 13.5. The Morgan fingerprint density at radius 1 is 1.07 bits per heavy atom. The Bertz CT molecular complexity index is 1170. The van der Waals surface area contributed by atoms with Gasteiger partial charge < -0.3 is 0 Å². The van der Waals surface area contributed by atoms with Crippen molar-refractivity contribution in [3.05, 3.63) is 84.6 Å². The van der Waals surface area contributed by atoms with Crippen LogP contribution in [0, 0.1) is 5.82 Å². The van der Waals surface area contributed by atoms with E-state index in [1.54, 1.807) is 28.0 Å². The minimum atomic E-state index is -0.561. The van der Waals surface area contributed by atoms with E-state index >= 15 is 0 Å². The summed E-state index contributed by atoms with van der Waals surface area (Å²) in [4.78, 5) is 28.5. The molecule has 0 N–H and O–H groups in total. The van der Waals surface area contributed by atoms with Crippen molar-refractivity contribution in [2.75, 3.05) is 13.1 Å². The summed E-state index contributed by atoms with van der Waals surface area (Å²) < 4.78 is 16.4. The number of benzene rings is 1. The molecule has 0 aliphatic carbocycles. The van der Waals surface area contributed by atoms with Gasteiger partial charge in [0.1, 0.15) is 11.6 Å². The van der Waals surface area contributed by atoms with E-state index in [1.807, 2.05) is 23.6 Å². The predicted octanol–water partition coefficient (Wildman–Crippen LogP) is 2.20. The zero-order valence-corrected chi connectivity index (χ0v) is 16.7. The van der Waals surface area contributed by atoms with E-state index in [0.717, 1.165) is 42.2 Å². The molecule has 8 heteroatoms. The van der Waals surface area contributed by atoms with Crippen LogP contribution in [0.1, 0.15) is 29.1 Å². The molecule has 1 fully saturated rings. The first-order valence-corrected chi connectivity index (χ1v) is 10.6. The largest absolute Gasteiger partial charge is 0.332 e. The monoisotopic (exact) mass is 412 g/mol. The molecule has 1 aromatic carbocycles. The van der Waals surface area contributed by atoms with Crippen LogP contribution in [0.4, 0.5) is 4.39 Å². The summed E-state index contributed by atoms with van der Waals surface area (Å²) in [6, 6.07) is 10.5. The highest BCUT2D eigenvalue weighted by molar-refractivity contribution is 7.09. The van der Waals surface area contributed by atoms with Crippen LogP contribution in [0.15, 0.2) is 51.4 Å². The van der Waals surface area contributed by atoms with E-state index < -0.39 is 11.1 Å². The van der Waals surface area contributed by atoms with Crippen molar-refractivity contribution in [2.24, 2.45) is 0 Å². The minimum absolute atomic E-state index is 0.225. The van der Waals surface area contributed by atoms with E-state index in [-0.39, 0.29) is 11.2 Å². The van der Waals surface area contributed by atoms with Crippen LogP contribution in [0.2, 0.25) is 0 Å². The van der Waals surface area contributed by atoms with Crippen LogP contribution in [-0.4, -0.2) is 32.3 Å². The topological polar surface area (TPSA) is 60.1 Å². The second-order valence-corrected chi connectivity index (χ2v) is 8.98. The number of thiophene rings is 1. The van der Waals surface area contributed by atoms with Crippen molar-refractivity contribution >= 4 is 11.3 Å². The van der Waals surface area contributed by atoms with Crippen molar-refractivity contribution in [3.63, 3.8) is 0 Å². The fourth-order valence-electron chi connectivity index (χ4n) is 4.60. The third-order valence-corrected chi connectivity index (χ3v) is 6.90. The van der Waals surface area contributed by atoms with Gasteiger partial charge in [-0.3, -0.25) is 19.1 Å². The van der Waals surface area contributed by atoms with Gasteiger partial charge in [-0.15, -0.1) is 11.3 Å². The van der Waals surface area contributed by atoms with Gasteiger partial charge in [-0.25, -0.2) is 9.07 Å². The molecule has 2 aromatic heterocycles. The molecule has 2 aliphatic heterocycles. The van der Waals surface area contributed by atoms with Crippen molar-refractivity contribution in [3.8, 4) is 0 Å². The van der Waals surface area contributed by atoms with Gasteiger partial charge in [-0.2, -0.15) is 5.10 Å². The Kier molecular flexibility index (Phi) is 4.48. The van der Waals surface area contributed by atoms with Crippen LogP contribution >= 0.6 is 11.3 Å². The number of likely N-dealkylation sites (tertiary alicyclic amines) is 1. The minimum Gasteiger partial charge on any atom is -0.298 e. The summed E-state index contributed by atoms with van der Waals surface area (Å²) in [6.45, 7) is 3.13. The van der Waals surface area contributed by atoms with Crippen molar-refractivity contribution in [1.29, 1.82) is 0 Å². The van der Waals surface area contributed by atoms with Crippen molar-refractivity contribution < 1.29 is 4.39 Å². The smallest absolute Gasteiger partial charge is 0.298 e. The molecular formula is C21H21FN4O2S. The number of nitrogens with zero attached hydrogens (tertiary/aromatic N) is 4. The molecule has 29 heavy (non-hydrogen) atoms. The quantitative estimate of drug-likeness (QED) is 0.617. The summed E-state index contributed by atoms with van der Waals surface area (Å²) in [6.07, 6.45) is 1.68. The molecule has 1 spiro atoms. The Morgan fingerprint density at radius 3 is 2.72 bits per heavy atom. The number of halogens is 1. The lowest BCUT2D eigenvalue weighted by atomic mass is 9.85. The van der Waals surface area contributed by atoms with Crippen LogP contribution in [0.25, 0.3) is 0 Å². The van der Waals surface area contributed by atoms with Crippen molar-refractivity contribution in [1.82, 2.24) is 19.2 Å². The van der Waals surface area contributed by atoms with Gasteiger partial charge in [-0.05, 0) is 48.5 Å². The van der Waals surface area contributed by atoms with Crippen LogP contribution in [-0.2, 0) is 25.0 Å². The standard InChI is InChI=1S/C21H21FN4O2S/c22-16-4-1-3-15(11-16)12-24-8-6-21(14-24)7-9-25-18(27)19(28)26(23-20(21)25)13-17-5-2-10-29-17/h1-5,10-11H,6-9,12-14H2. The Morgan fingerprint density at radius 2 is 1.93 bits per heavy atom. The summed E-state index contributed by atoms with van der Waals surface area (Å²) in [5.74, 6) is 0.494. The molecule has 4 heterocycles. The first-order valence-electron chi connectivity index (χ1n) is 9.76. The van der Waals surface area contributed by atoms with Gasteiger partial charge in [-0.1, -0.05) is 18.2 Å². The molecule has 6 nitrogen and oxygen atoms in total. The summed E-state index contributed by atoms with van der Waals surface area (Å²) in [5, 5.41) is 6.61. The lowest BCUT2D eigenvalue weighted by molar-refractivity contribution is 0.297. The molecular weight excluding hydrogens is 391 g/mol. The predicted molar refractivity (Wildman–Crippen MR) is 109 cm³/mol. The van der Waals surface area contributed by atoms with Gasteiger partial charge in [0.15, 0.2) is 0 Å². The van der Waals surface area contributed by atoms with Crippen LogP contribution in [0.5, 0.6) is 0 Å². The third-order valence-electron chi connectivity index (χ3n) is 6.04. The molecule has 0 amide bonds. The molecule has 150 valence electrons. The highest BCUT2D eigenvalue weighted by Gasteiger charge is 2.47. The maximum Gasteiger partial charge on any atom is 0.332 e. The summed E-state index contributed by atoms with van der Waals surface area (Å²) in [7, 11) is 0. The fraction of sp³-hybridized carbons (Fsp3) is 0.381. The molecule has 1 saturated heterocycles. The molecule has 1 atom stereocenters. The highest BCUT2D eigenvalue weighted by atomic mass is 32.1. The lowest BCUT2D eigenvalue weighted by Gasteiger charge is -2.23. The Balaban J connectivity index is 1.45. The Labute approximate surface area is 170 Å². The lowest BCUT2D eigenvalue weighted by Crippen LogP contribution is -2.45. The zero-order chi connectivity index (χ0) is 20.0. The van der Waals surface area contributed by atoms with Gasteiger partial charge >= 0.3 is 11.1 Å². The first kappa shape index (κ1) is 18.4. The average Bonchev–Trinajstić information content (AvgIpc) is 3.42. The summed E-state index contributed by atoms with van der Waals surface area (Å²) >= 11 is 1.54. The van der Waals surface area contributed by atoms with E-state index in [9.17, 15) is 14.0 Å². The zero-order valence-electron chi connectivity index (χ0n) is 15.9. The molecule has 0 radical (unpaired) electrons.